The molecule has 2 aliphatic heterocycles. The number of imidazole rings is 1. The van der Waals surface area contributed by atoms with Crippen LogP contribution in [0.4, 0.5) is 0 Å². The highest BCUT2D eigenvalue weighted by Gasteiger charge is 2.21. The molecule has 0 spiro atoms. The van der Waals surface area contributed by atoms with Crippen LogP contribution in [-0.4, -0.2) is 23.0 Å². The summed E-state index contributed by atoms with van der Waals surface area (Å²) in [7, 11) is 0. The lowest BCUT2D eigenvalue weighted by atomic mass is 10.1. The van der Waals surface area contributed by atoms with Crippen LogP contribution in [0.5, 0.6) is 11.5 Å². The molecule has 4 heterocycles. The third kappa shape index (κ3) is 2.86. The standard InChI is InChI=1S/C20H20N2O4/c1-2-10-23-15(3-1)17-6-7-18(26-17)20-21-8-9-22(20)12-14-4-5-16-19(11-14)25-13-24-16/h4-9,11,15H,1-3,10,12-13H2. The highest BCUT2D eigenvalue weighted by molar-refractivity contribution is 5.49. The number of hydrogen-bond acceptors (Lipinski definition) is 5. The smallest absolute Gasteiger partial charge is 0.231 e. The molecule has 134 valence electrons. The van der Waals surface area contributed by atoms with Gasteiger partial charge in [-0.25, -0.2) is 4.98 Å². The van der Waals surface area contributed by atoms with Gasteiger partial charge in [-0.1, -0.05) is 6.07 Å². The van der Waals surface area contributed by atoms with E-state index in [0.717, 1.165) is 53.9 Å². The van der Waals surface area contributed by atoms with Crippen molar-refractivity contribution in [1.82, 2.24) is 9.55 Å². The lowest BCUT2D eigenvalue weighted by Gasteiger charge is -2.20. The number of furan rings is 1. The first-order valence-corrected chi connectivity index (χ1v) is 8.98. The van der Waals surface area contributed by atoms with Crippen molar-refractivity contribution >= 4 is 0 Å². The van der Waals surface area contributed by atoms with Crippen molar-refractivity contribution in [3.05, 3.63) is 54.0 Å². The Labute approximate surface area is 151 Å². The zero-order valence-corrected chi connectivity index (χ0v) is 14.4. The maximum absolute atomic E-state index is 6.07. The van der Waals surface area contributed by atoms with Crippen LogP contribution in [0, 0.1) is 0 Å². The quantitative estimate of drug-likeness (QED) is 0.705. The second-order valence-corrected chi connectivity index (χ2v) is 6.62. The molecule has 0 radical (unpaired) electrons. The molecule has 0 aliphatic carbocycles. The topological polar surface area (TPSA) is 58.7 Å². The average molecular weight is 352 g/mol. The molecule has 1 fully saturated rings. The van der Waals surface area contributed by atoms with Crippen molar-refractivity contribution < 1.29 is 18.6 Å². The van der Waals surface area contributed by atoms with E-state index in [-0.39, 0.29) is 12.9 Å². The van der Waals surface area contributed by atoms with Crippen LogP contribution in [0.25, 0.3) is 11.6 Å². The number of fused-ring (bicyclic) bond motifs is 1. The van der Waals surface area contributed by atoms with Crippen LogP contribution in [0.3, 0.4) is 0 Å². The Morgan fingerprint density at radius 1 is 1.08 bits per heavy atom. The molecule has 1 saturated heterocycles. The molecule has 3 aromatic rings. The molecule has 0 N–H and O–H groups in total. The Kier molecular flexibility index (Phi) is 3.90. The van der Waals surface area contributed by atoms with Gasteiger partial charge in [-0.3, -0.25) is 0 Å². The first-order valence-electron chi connectivity index (χ1n) is 8.98. The van der Waals surface area contributed by atoms with Gasteiger partial charge in [0, 0.05) is 25.5 Å². The first kappa shape index (κ1) is 15.5. The van der Waals surface area contributed by atoms with Crippen molar-refractivity contribution in [1.29, 1.82) is 0 Å². The van der Waals surface area contributed by atoms with E-state index in [1.165, 1.54) is 6.42 Å². The predicted octanol–water partition coefficient (Wildman–Crippen LogP) is 4.16. The highest BCUT2D eigenvalue weighted by atomic mass is 16.7. The number of aromatic nitrogens is 2. The van der Waals surface area contributed by atoms with Gasteiger partial charge in [-0.15, -0.1) is 0 Å². The van der Waals surface area contributed by atoms with E-state index in [9.17, 15) is 0 Å². The van der Waals surface area contributed by atoms with Gasteiger partial charge in [-0.05, 0) is 49.1 Å². The van der Waals surface area contributed by atoms with Crippen molar-refractivity contribution in [3.63, 3.8) is 0 Å². The van der Waals surface area contributed by atoms with Crippen molar-refractivity contribution in [2.45, 2.75) is 31.9 Å². The molecule has 0 bridgehead atoms. The molecule has 1 unspecified atom stereocenters. The number of benzene rings is 1. The van der Waals surface area contributed by atoms with E-state index in [4.69, 9.17) is 18.6 Å². The molecule has 6 heteroatoms. The summed E-state index contributed by atoms with van der Waals surface area (Å²) < 4.78 is 24.8. The number of hydrogen-bond donors (Lipinski definition) is 0. The second-order valence-electron chi connectivity index (χ2n) is 6.62. The van der Waals surface area contributed by atoms with Gasteiger partial charge in [0.25, 0.3) is 0 Å². The van der Waals surface area contributed by atoms with E-state index in [1.807, 2.05) is 36.5 Å². The maximum Gasteiger partial charge on any atom is 0.231 e. The van der Waals surface area contributed by atoms with Crippen molar-refractivity contribution in [2.75, 3.05) is 13.4 Å². The van der Waals surface area contributed by atoms with Gasteiger partial charge in [0.05, 0.1) is 0 Å². The van der Waals surface area contributed by atoms with Gasteiger partial charge in [-0.2, -0.15) is 0 Å². The summed E-state index contributed by atoms with van der Waals surface area (Å²) in [6.45, 7) is 1.77. The minimum atomic E-state index is 0.0646. The summed E-state index contributed by atoms with van der Waals surface area (Å²) in [6, 6.07) is 9.98. The largest absolute Gasteiger partial charge is 0.455 e. The molecule has 5 rings (SSSR count). The summed E-state index contributed by atoms with van der Waals surface area (Å²) >= 11 is 0. The molecule has 6 nitrogen and oxygen atoms in total. The Hall–Kier alpha value is -2.73. The third-order valence-electron chi connectivity index (χ3n) is 4.85. The molecule has 2 aromatic heterocycles. The number of rotatable bonds is 4. The lowest BCUT2D eigenvalue weighted by Crippen LogP contribution is -2.10. The second kappa shape index (κ2) is 6.53. The summed E-state index contributed by atoms with van der Waals surface area (Å²) in [4.78, 5) is 4.49. The Morgan fingerprint density at radius 2 is 2.04 bits per heavy atom. The van der Waals surface area contributed by atoms with Crippen LogP contribution >= 0.6 is 0 Å². The minimum absolute atomic E-state index is 0.0646. The molecular weight excluding hydrogens is 332 g/mol. The van der Waals surface area contributed by atoms with E-state index in [2.05, 4.69) is 9.55 Å². The van der Waals surface area contributed by atoms with E-state index in [0.29, 0.717) is 6.54 Å². The van der Waals surface area contributed by atoms with E-state index < -0.39 is 0 Å². The van der Waals surface area contributed by atoms with Gasteiger partial charge in [0.1, 0.15) is 11.9 Å². The van der Waals surface area contributed by atoms with Crippen molar-refractivity contribution in [2.24, 2.45) is 0 Å². The van der Waals surface area contributed by atoms with E-state index >= 15 is 0 Å². The van der Waals surface area contributed by atoms with Crippen LogP contribution in [0.15, 0.2) is 47.1 Å². The van der Waals surface area contributed by atoms with Crippen LogP contribution in [-0.2, 0) is 11.3 Å². The lowest BCUT2D eigenvalue weighted by molar-refractivity contribution is 0.00218. The molecule has 1 atom stereocenters. The zero-order valence-electron chi connectivity index (χ0n) is 14.4. The first-order chi connectivity index (χ1) is 12.9. The maximum atomic E-state index is 6.07. The molecule has 1 aromatic carbocycles. The summed E-state index contributed by atoms with van der Waals surface area (Å²) in [6.07, 6.45) is 7.14. The molecule has 0 amide bonds. The summed E-state index contributed by atoms with van der Waals surface area (Å²) in [5.41, 5.74) is 1.12. The van der Waals surface area contributed by atoms with Gasteiger partial charge < -0.3 is 23.2 Å². The summed E-state index contributed by atoms with van der Waals surface area (Å²) in [5.74, 6) is 4.05. The zero-order chi connectivity index (χ0) is 17.3. The van der Waals surface area contributed by atoms with Crippen molar-refractivity contribution in [3.8, 4) is 23.1 Å². The fourth-order valence-electron chi connectivity index (χ4n) is 3.51. The SMILES string of the molecule is c1cn(Cc2ccc3c(c2)OCO3)c(-c2ccc(C3CCCCO3)o2)n1. The predicted molar refractivity (Wildman–Crippen MR) is 94.1 cm³/mol. The molecule has 2 aliphatic rings. The molecule has 0 saturated carbocycles. The normalized spacial score (nSPS) is 19.0. The monoisotopic (exact) mass is 352 g/mol. The van der Waals surface area contributed by atoms with Gasteiger partial charge in [0.15, 0.2) is 23.1 Å². The van der Waals surface area contributed by atoms with Gasteiger partial charge in [0.2, 0.25) is 6.79 Å². The average Bonchev–Trinajstić information content (AvgIpc) is 3.42. The van der Waals surface area contributed by atoms with E-state index in [1.54, 1.807) is 6.20 Å². The summed E-state index contributed by atoms with van der Waals surface area (Å²) in [5, 5.41) is 0. The fraction of sp³-hybridized carbons (Fsp3) is 0.350. The Morgan fingerprint density at radius 3 is 2.96 bits per heavy atom. The van der Waals surface area contributed by atoms with Gasteiger partial charge >= 0.3 is 0 Å². The number of ether oxygens (including phenoxy) is 3. The third-order valence-corrected chi connectivity index (χ3v) is 4.85. The molecule has 26 heavy (non-hydrogen) atoms. The Bertz CT molecular complexity index is 908. The fourth-order valence-corrected chi connectivity index (χ4v) is 3.51. The molecular formula is C20H20N2O4. The van der Waals surface area contributed by atoms with Crippen LogP contribution in [0.2, 0.25) is 0 Å². The van der Waals surface area contributed by atoms with Crippen LogP contribution in [0.1, 0.15) is 36.7 Å². The van der Waals surface area contributed by atoms with Crippen LogP contribution < -0.4 is 9.47 Å². The minimum Gasteiger partial charge on any atom is -0.455 e. The highest BCUT2D eigenvalue weighted by Crippen LogP contribution is 2.34. The Balaban J connectivity index is 1.38. The number of nitrogens with zero attached hydrogens (tertiary/aromatic N) is 2.